The molecule has 1 aromatic carbocycles. The average molecular weight is 190 g/mol. The predicted molar refractivity (Wildman–Crippen MR) is 56.1 cm³/mol. The Bertz CT molecular complexity index is 364. The number of fused-ring (bicyclic) bond motifs is 1. The van der Waals surface area contributed by atoms with E-state index in [1.807, 2.05) is 30.1 Å². The molecular weight excluding hydrogens is 176 g/mol. The van der Waals surface area contributed by atoms with E-state index in [1.165, 1.54) is 5.56 Å². The number of carbonyl (C=O) groups excluding carboxylic acids is 1. The zero-order valence-electron chi connectivity index (χ0n) is 8.23. The number of aryl methyl sites for hydroxylation is 1. The standard InChI is InChI=1S/C11H14N2O/c1-13-10-5-3-2-4-9(10)6-7-11(13,12)8-14/h2-5,8H,6-7,12H2,1H3. The molecule has 74 valence electrons. The predicted octanol–water partition coefficient (Wildman–Crippen LogP) is 0.923. The normalized spacial score (nSPS) is 25.7. The van der Waals surface area contributed by atoms with Crippen molar-refractivity contribution in [1.29, 1.82) is 0 Å². The number of rotatable bonds is 1. The first kappa shape index (κ1) is 9.21. The highest BCUT2D eigenvalue weighted by Gasteiger charge is 2.34. The van der Waals surface area contributed by atoms with Gasteiger partial charge in [-0.25, -0.2) is 0 Å². The minimum atomic E-state index is -0.825. The van der Waals surface area contributed by atoms with Crippen LogP contribution in [0.4, 0.5) is 5.69 Å². The molecule has 3 heteroatoms. The lowest BCUT2D eigenvalue weighted by molar-refractivity contribution is -0.112. The van der Waals surface area contributed by atoms with Gasteiger partial charge in [0, 0.05) is 12.7 Å². The lowest BCUT2D eigenvalue weighted by Gasteiger charge is -2.40. The van der Waals surface area contributed by atoms with Crippen LogP contribution in [0.5, 0.6) is 0 Å². The Kier molecular flexibility index (Phi) is 2.04. The molecule has 3 nitrogen and oxygen atoms in total. The summed E-state index contributed by atoms with van der Waals surface area (Å²) in [7, 11) is 1.87. The van der Waals surface area contributed by atoms with Crippen molar-refractivity contribution in [2.24, 2.45) is 5.73 Å². The smallest absolute Gasteiger partial charge is 0.160 e. The number of nitrogens with two attached hydrogens (primary N) is 1. The Balaban J connectivity index is 2.46. The van der Waals surface area contributed by atoms with Gasteiger partial charge in [0.1, 0.15) is 5.66 Å². The maximum absolute atomic E-state index is 10.9. The third-order valence-electron chi connectivity index (χ3n) is 2.98. The molecule has 0 aliphatic carbocycles. The van der Waals surface area contributed by atoms with Crippen molar-refractivity contribution in [3.05, 3.63) is 29.8 Å². The minimum Gasteiger partial charge on any atom is -0.350 e. The van der Waals surface area contributed by atoms with E-state index in [9.17, 15) is 4.79 Å². The molecule has 2 rings (SSSR count). The molecule has 1 aliphatic rings. The molecule has 1 aliphatic heterocycles. The zero-order valence-corrected chi connectivity index (χ0v) is 8.23. The van der Waals surface area contributed by atoms with E-state index < -0.39 is 5.66 Å². The third kappa shape index (κ3) is 1.21. The van der Waals surface area contributed by atoms with Crippen LogP contribution in [-0.4, -0.2) is 19.0 Å². The van der Waals surface area contributed by atoms with Gasteiger partial charge in [-0.1, -0.05) is 18.2 Å². The van der Waals surface area contributed by atoms with Crippen LogP contribution in [0.1, 0.15) is 12.0 Å². The second kappa shape index (κ2) is 3.10. The summed E-state index contributed by atoms with van der Waals surface area (Å²) in [4.78, 5) is 12.8. The van der Waals surface area contributed by atoms with Crippen LogP contribution in [0.2, 0.25) is 0 Å². The van der Waals surface area contributed by atoms with Crippen LogP contribution in [0.3, 0.4) is 0 Å². The summed E-state index contributed by atoms with van der Waals surface area (Å²) in [6.45, 7) is 0. The fourth-order valence-electron chi connectivity index (χ4n) is 1.91. The molecule has 0 radical (unpaired) electrons. The number of aldehydes is 1. The fraction of sp³-hybridized carbons (Fsp3) is 0.364. The summed E-state index contributed by atoms with van der Waals surface area (Å²) in [6, 6.07) is 8.05. The number of hydrogen-bond acceptors (Lipinski definition) is 3. The van der Waals surface area contributed by atoms with E-state index in [2.05, 4.69) is 6.07 Å². The SMILES string of the molecule is CN1c2ccccc2CCC1(N)C=O. The van der Waals surface area contributed by atoms with E-state index in [4.69, 9.17) is 5.73 Å². The summed E-state index contributed by atoms with van der Waals surface area (Å²) in [5, 5.41) is 0. The average Bonchev–Trinajstić information content (AvgIpc) is 2.24. The van der Waals surface area contributed by atoms with Gasteiger partial charge in [0.15, 0.2) is 6.29 Å². The number of hydrogen-bond donors (Lipinski definition) is 1. The maximum atomic E-state index is 10.9. The third-order valence-corrected chi connectivity index (χ3v) is 2.98. The monoisotopic (exact) mass is 190 g/mol. The van der Waals surface area contributed by atoms with Gasteiger partial charge in [-0.2, -0.15) is 0 Å². The van der Waals surface area contributed by atoms with Crippen molar-refractivity contribution in [2.75, 3.05) is 11.9 Å². The van der Waals surface area contributed by atoms with Crippen LogP contribution >= 0.6 is 0 Å². The summed E-state index contributed by atoms with van der Waals surface area (Å²) in [6.07, 6.45) is 2.39. The Morgan fingerprint density at radius 1 is 1.50 bits per heavy atom. The topological polar surface area (TPSA) is 46.3 Å². The van der Waals surface area contributed by atoms with Crippen LogP contribution in [0.25, 0.3) is 0 Å². The molecule has 2 N–H and O–H groups in total. The highest BCUT2D eigenvalue weighted by atomic mass is 16.1. The highest BCUT2D eigenvalue weighted by Crippen LogP contribution is 2.31. The van der Waals surface area contributed by atoms with Gasteiger partial charge in [0.25, 0.3) is 0 Å². The van der Waals surface area contributed by atoms with Crippen molar-refractivity contribution in [3.8, 4) is 0 Å². The van der Waals surface area contributed by atoms with Crippen LogP contribution in [-0.2, 0) is 11.2 Å². The van der Waals surface area contributed by atoms with E-state index in [-0.39, 0.29) is 0 Å². The lowest BCUT2D eigenvalue weighted by atomic mass is 9.93. The number of carbonyl (C=O) groups is 1. The van der Waals surface area contributed by atoms with Crippen LogP contribution in [0, 0.1) is 0 Å². The molecule has 1 aromatic rings. The molecular formula is C11H14N2O. The first-order valence-corrected chi connectivity index (χ1v) is 4.74. The molecule has 1 unspecified atom stereocenters. The molecule has 0 bridgehead atoms. The second-order valence-electron chi connectivity index (χ2n) is 3.80. The fourth-order valence-corrected chi connectivity index (χ4v) is 1.91. The van der Waals surface area contributed by atoms with E-state index in [0.717, 1.165) is 18.4 Å². The molecule has 1 heterocycles. The molecule has 0 fully saturated rings. The molecule has 1 atom stereocenters. The van der Waals surface area contributed by atoms with Crippen LogP contribution < -0.4 is 10.6 Å². The molecule has 0 aromatic heterocycles. The molecule has 0 spiro atoms. The summed E-state index contributed by atoms with van der Waals surface area (Å²) in [5.74, 6) is 0. The maximum Gasteiger partial charge on any atom is 0.160 e. The molecule has 0 saturated heterocycles. The van der Waals surface area contributed by atoms with Gasteiger partial charge in [0.2, 0.25) is 0 Å². The van der Waals surface area contributed by atoms with Gasteiger partial charge >= 0.3 is 0 Å². The van der Waals surface area contributed by atoms with Crippen molar-refractivity contribution in [3.63, 3.8) is 0 Å². The van der Waals surface area contributed by atoms with Gasteiger partial charge < -0.3 is 10.6 Å². The number of nitrogens with zero attached hydrogens (tertiary/aromatic N) is 1. The number of para-hydroxylation sites is 1. The van der Waals surface area contributed by atoms with Crippen LogP contribution in [0.15, 0.2) is 24.3 Å². The molecule has 0 saturated carbocycles. The van der Waals surface area contributed by atoms with Gasteiger partial charge in [-0.15, -0.1) is 0 Å². The Morgan fingerprint density at radius 2 is 2.21 bits per heavy atom. The lowest BCUT2D eigenvalue weighted by Crippen LogP contribution is -2.58. The largest absolute Gasteiger partial charge is 0.350 e. The first-order chi connectivity index (χ1) is 6.67. The molecule has 14 heavy (non-hydrogen) atoms. The Hall–Kier alpha value is -1.35. The van der Waals surface area contributed by atoms with Gasteiger partial charge in [0.05, 0.1) is 0 Å². The zero-order chi connectivity index (χ0) is 10.2. The number of benzene rings is 1. The van der Waals surface area contributed by atoms with Crippen molar-refractivity contribution < 1.29 is 4.79 Å². The summed E-state index contributed by atoms with van der Waals surface area (Å²) in [5.41, 5.74) is 7.47. The molecule has 0 amide bonds. The van der Waals surface area contributed by atoms with Gasteiger partial charge in [-0.05, 0) is 24.5 Å². The van der Waals surface area contributed by atoms with E-state index in [1.54, 1.807) is 0 Å². The summed E-state index contributed by atoms with van der Waals surface area (Å²) < 4.78 is 0. The van der Waals surface area contributed by atoms with Crippen molar-refractivity contribution in [1.82, 2.24) is 0 Å². The Labute approximate surface area is 83.5 Å². The Morgan fingerprint density at radius 3 is 2.93 bits per heavy atom. The van der Waals surface area contributed by atoms with Crippen molar-refractivity contribution >= 4 is 12.0 Å². The summed E-state index contributed by atoms with van der Waals surface area (Å²) >= 11 is 0. The number of anilines is 1. The first-order valence-electron chi connectivity index (χ1n) is 4.74. The second-order valence-corrected chi connectivity index (χ2v) is 3.80. The minimum absolute atomic E-state index is 0.685. The van der Waals surface area contributed by atoms with Crippen molar-refractivity contribution in [2.45, 2.75) is 18.5 Å². The van der Waals surface area contributed by atoms with E-state index >= 15 is 0 Å². The highest BCUT2D eigenvalue weighted by molar-refractivity contribution is 5.73. The van der Waals surface area contributed by atoms with Gasteiger partial charge in [-0.3, -0.25) is 4.79 Å². The van der Waals surface area contributed by atoms with E-state index in [0.29, 0.717) is 6.42 Å². The number of likely N-dealkylation sites (N-methyl/N-ethyl adjacent to an activating group) is 1. The quantitative estimate of drug-likeness (QED) is 0.670.